The third-order valence-corrected chi connectivity index (χ3v) is 4.23. The Balaban J connectivity index is 1.97. The van der Waals surface area contributed by atoms with Gasteiger partial charge in [0.15, 0.2) is 5.82 Å². The maximum absolute atomic E-state index is 10.8. The van der Waals surface area contributed by atoms with Gasteiger partial charge in [-0.1, -0.05) is 6.92 Å². The van der Waals surface area contributed by atoms with E-state index in [1.54, 1.807) is 22.5 Å². The van der Waals surface area contributed by atoms with Crippen LogP contribution >= 0.6 is 23.1 Å². The Labute approximate surface area is 112 Å². The monoisotopic (exact) mass is 284 g/mol. The molecule has 0 aliphatic heterocycles. The van der Waals surface area contributed by atoms with Crippen molar-refractivity contribution in [3.63, 3.8) is 0 Å². The molecule has 0 radical (unpaired) electrons. The SMILES string of the molecule is CCCn1nnnc1CSc1csc(C(=O)O)c1. The van der Waals surface area contributed by atoms with E-state index in [1.165, 1.54) is 11.3 Å². The lowest BCUT2D eigenvalue weighted by atomic mass is 10.5. The minimum atomic E-state index is -0.886. The summed E-state index contributed by atoms with van der Waals surface area (Å²) < 4.78 is 1.78. The first-order valence-electron chi connectivity index (χ1n) is 5.40. The molecule has 0 aromatic carbocycles. The highest BCUT2D eigenvalue weighted by Gasteiger charge is 2.09. The van der Waals surface area contributed by atoms with Crippen molar-refractivity contribution in [2.45, 2.75) is 30.5 Å². The van der Waals surface area contributed by atoms with Crippen molar-refractivity contribution in [1.82, 2.24) is 20.2 Å². The molecule has 0 saturated carbocycles. The molecule has 6 nitrogen and oxygen atoms in total. The molecule has 0 amide bonds. The summed E-state index contributed by atoms with van der Waals surface area (Å²) in [4.78, 5) is 12.0. The molecule has 1 N–H and O–H groups in total. The summed E-state index contributed by atoms with van der Waals surface area (Å²) in [5, 5.41) is 22.2. The van der Waals surface area contributed by atoms with E-state index in [0.29, 0.717) is 10.6 Å². The zero-order valence-electron chi connectivity index (χ0n) is 9.74. The van der Waals surface area contributed by atoms with Crippen LogP contribution in [0.1, 0.15) is 28.8 Å². The van der Waals surface area contributed by atoms with Crippen LogP contribution in [0.3, 0.4) is 0 Å². The number of carbonyl (C=O) groups is 1. The summed E-state index contributed by atoms with van der Waals surface area (Å²) in [6.45, 7) is 2.86. The van der Waals surface area contributed by atoms with E-state index < -0.39 is 5.97 Å². The van der Waals surface area contributed by atoms with Crippen LogP contribution in [-0.4, -0.2) is 31.3 Å². The van der Waals surface area contributed by atoms with Crippen LogP contribution in [0.25, 0.3) is 0 Å². The molecule has 0 aliphatic carbocycles. The minimum absolute atomic E-state index is 0.352. The first-order chi connectivity index (χ1) is 8.70. The fourth-order valence-electron chi connectivity index (χ4n) is 1.37. The molecule has 0 saturated heterocycles. The first-order valence-corrected chi connectivity index (χ1v) is 7.27. The normalized spacial score (nSPS) is 10.7. The van der Waals surface area contributed by atoms with Crippen LogP contribution in [-0.2, 0) is 12.3 Å². The first kappa shape index (κ1) is 13.0. The predicted molar refractivity (Wildman–Crippen MR) is 68.9 cm³/mol. The van der Waals surface area contributed by atoms with Crippen molar-refractivity contribution in [3.8, 4) is 0 Å². The second-order valence-electron chi connectivity index (χ2n) is 3.56. The molecule has 0 fully saturated rings. The van der Waals surface area contributed by atoms with Crippen LogP contribution in [0.2, 0.25) is 0 Å². The molecule has 0 bridgehead atoms. The van der Waals surface area contributed by atoms with Crippen LogP contribution < -0.4 is 0 Å². The van der Waals surface area contributed by atoms with Gasteiger partial charge in [0.2, 0.25) is 0 Å². The van der Waals surface area contributed by atoms with Gasteiger partial charge in [0.1, 0.15) is 4.88 Å². The Morgan fingerprint density at radius 1 is 1.61 bits per heavy atom. The molecular formula is C10H12N4O2S2. The molecule has 8 heteroatoms. The number of aryl methyl sites for hydroxylation is 1. The Morgan fingerprint density at radius 3 is 3.11 bits per heavy atom. The molecular weight excluding hydrogens is 272 g/mol. The predicted octanol–water partition coefficient (Wildman–Crippen LogP) is 2.14. The summed E-state index contributed by atoms with van der Waals surface area (Å²) in [6, 6.07) is 1.67. The van der Waals surface area contributed by atoms with Crippen LogP contribution in [0.4, 0.5) is 0 Å². The van der Waals surface area contributed by atoms with Gasteiger partial charge in [-0.25, -0.2) is 9.48 Å². The Morgan fingerprint density at radius 2 is 2.44 bits per heavy atom. The largest absolute Gasteiger partial charge is 0.477 e. The van der Waals surface area contributed by atoms with E-state index in [-0.39, 0.29) is 0 Å². The van der Waals surface area contributed by atoms with Gasteiger partial charge in [-0.3, -0.25) is 0 Å². The minimum Gasteiger partial charge on any atom is -0.477 e. The van der Waals surface area contributed by atoms with Crippen molar-refractivity contribution < 1.29 is 9.90 Å². The number of carboxylic acids is 1. The Hall–Kier alpha value is -1.41. The smallest absolute Gasteiger partial charge is 0.345 e. The van der Waals surface area contributed by atoms with Gasteiger partial charge in [0.25, 0.3) is 0 Å². The van der Waals surface area contributed by atoms with Crippen molar-refractivity contribution in [1.29, 1.82) is 0 Å². The Bertz CT molecular complexity index is 537. The number of hydrogen-bond acceptors (Lipinski definition) is 6. The second-order valence-corrected chi connectivity index (χ2v) is 5.52. The summed E-state index contributed by atoms with van der Waals surface area (Å²) >= 11 is 2.77. The summed E-state index contributed by atoms with van der Waals surface area (Å²) in [5.41, 5.74) is 0. The van der Waals surface area contributed by atoms with Gasteiger partial charge in [0, 0.05) is 16.8 Å². The quantitative estimate of drug-likeness (QED) is 0.818. The van der Waals surface area contributed by atoms with E-state index in [4.69, 9.17) is 5.11 Å². The van der Waals surface area contributed by atoms with Gasteiger partial charge in [-0.2, -0.15) is 0 Å². The molecule has 0 spiro atoms. The standard InChI is InChI=1S/C10H12N4O2S2/c1-2-3-14-9(11-12-13-14)6-17-7-4-8(10(15)16)18-5-7/h4-5H,2-3,6H2,1H3,(H,15,16). The third-order valence-electron chi connectivity index (χ3n) is 2.20. The average Bonchev–Trinajstić information content (AvgIpc) is 2.95. The molecule has 2 heterocycles. The van der Waals surface area contributed by atoms with Crippen molar-refractivity contribution in [2.24, 2.45) is 0 Å². The second kappa shape index (κ2) is 5.96. The Kier molecular flexibility index (Phi) is 4.32. The van der Waals surface area contributed by atoms with Crippen LogP contribution in [0.5, 0.6) is 0 Å². The number of aromatic carboxylic acids is 1. The molecule has 96 valence electrons. The highest BCUT2D eigenvalue weighted by molar-refractivity contribution is 7.98. The number of thioether (sulfide) groups is 1. The number of thiophene rings is 1. The van der Waals surface area contributed by atoms with E-state index in [0.717, 1.165) is 23.7 Å². The number of tetrazole rings is 1. The lowest BCUT2D eigenvalue weighted by Gasteiger charge is -2.01. The highest BCUT2D eigenvalue weighted by atomic mass is 32.2. The highest BCUT2D eigenvalue weighted by Crippen LogP contribution is 2.27. The van der Waals surface area contributed by atoms with E-state index in [1.807, 2.05) is 5.38 Å². The fraction of sp³-hybridized carbons (Fsp3) is 0.400. The van der Waals surface area contributed by atoms with Gasteiger partial charge in [0.05, 0.1) is 5.75 Å². The molecule has 2 aromatic heterocycles. The molecule has 0 unspecified atom stereocenters. The van der Waals surface area contributed by atoms with E-state index in [9.17, 15) is 4.79 Å². The van der Waals surface area contributed by atoms with Gasteiger partial charge < -0.3 is 5.11 Å². The maximum atomic E-state index is 10.8. The van der Waals surface area contributed by atoms with Gasteiger partial charge >= 0.3 is 5.97 Å². The number of hydrogen-bond donors (Lipinski definition) is 1. The lowest BCUT2D eigenvalue weighted by molar-refractivity contribution is 0.0702. The third kappa shape index (κ3) is 3.08. The summed E-state index contributed by atoms with van der Waals surface area (Å²) in [6.07, 6.45) is 0.977. The summed E-state index contributed by atoms with van der Waals surface area (Å²) in [5.74, 6) is 0.565. The van der Waals surface area contributed by atoms with Crippen LogP contribution in [0.15, 0.2) is 16.3 Å². The van der Waals surface area contributed by atoms with Crippen molar-refractivity contribution in [3.05, 3.63) is 22.1 Å². The number of carboxylic acid groups (broad SMARTS) is 1. The molecule has 0 aliphatic rings. The number of nitrogens with zero attached hydrogens (tertiary/aromatic N) is 4. The molecule has 0 atom stereocenters. The zero-order chi connectivity index (χ0) is 13.0. The van der Waals surface area contributed by atoms with E-state index >= 15 is 0 Å². The van der Waals surface area contributed by atoms with Crippen molar-refractivity contribution in [2.75, 3.05) is 0 Å². The fourth-order valence-corrected chi connectivity index (χ4v) is 3.17. The zero-order valence-corrected chi connectivity index (χ0v) is 11.4. The topological polar surface area (TPSA) is 80.9 Å². The van der Waals surface area contributed by atoms with Crippen LogP contribution in [0, 0.1) is 0 Å². The van der Waals surface area contributed by atoms with Gasteiger partial charge in [-0.05, 0) is 22.9 Å². The molecule has 2 rings (SSSR count). The summed E-state index contributed by atoms with van der Waals surface area (Å²) in [7, 11) is 0. The molecule has 2 aromatic rings. The maximum Gasteiger partial charge on any atom is 0.345 e. The van der Waals surface area contributed by atoms with E-state index in [2.05, 4.69) is 22.4 Å². The van der Waals surface area contributed by atoms with Gasteiger partial charge in [-0.15, -0.1) is 28.2 Å². The average molecular weight is 284 g/mol. The number of rotatable bonds is 6. The molecule has 18 heavy (non-hydrogen) atoms. The number of aromatic nitrogens is 4. The lowest BCUT2D eigenvalue weighted by Crippen LogP contribution is -2.04. The van der Waals surface area contributed by atoms with Crippen molar-refractivity contribution >= 4 is 29.1 Å².